The van der Waals surface area contributed by atoms with Gasteiger partial charge in [0.1, 0.15) is 17.4 Å². The van der Waals surface area contributed by atoms with Gasteiger partial charge < -0.3 is 20.2 Å². The quantitative estimate of drug-likeness (QED) is 0.557. The lowest BCUT2D eigenvalue weighted by Crippen LogP contribution is -2.44. The number of rotatable bonds is 5. The van der Waals surface area contributed by atoms with Crippen molar-refractivity contribution in [1.29, 1.82) is 0 Å². The average Bonchev–Trinajstić information content (AvgIpc) is 2.88. The van der Waals surface area contributed by atoms with Crippen molar-refractivity contribution in [2.24, 2.45) is 0 Å². The third-order valence-electron chi connectivity index (χ3n) is 5.37. The molecule has 3 N–H and O–H groups in total. The summed E-state index contributed by atoms with van der Waals surface area (Å²) in [6.07, 6.45) is 4.46. The van der Waals surface area contributed by atoms with Crippen molar-refractivity contribution >= 4 is 28.7 Å². The molecule has 1 atom stereocenters. The number of aryl methyl sites for hydroxylation is 2. The first-order chi connectivity index (χ1) is 14.1. The van der Waals surface area contributed by atoms with Gasteiger partial charge in [-0.3, -0.25) is 4.79 Å². The predicted molar refractivity (Wildman–Crippen MR) is 111 cm³/mol. The number of nitrogens with one attached hydrogen (secondary N) is 2. The van der Waals surface area contributed by atoms with Crippen LogP contribution in [0.15, 0.2) is 52.9 Å². The maximum absolute atomic E-state index is 12.8. The topological polar surface area (TPSA) is 91.6 Å². The molecular weight excluding hydrogens is 368 g/mol. The number of hydrogen-bond acceptors (Lipinski definition) is 3. The number of fused-ring (bicyclic) bond motifs is 3. The van der Waals surface area contributed by atoms with Crippen molar-refractivity contribution in [3.8, 4) is 0 Å². The van der Waals surface area contributed by atoms with Crippen molar-refractivity contribution in [3.05, 3.63) is 65.4 Å². The number of hydrogen-bond donors (Lipinski definition) is 3. The molecule has 0 spiro atoms. The Balaban J connectivity index is 1.55. The number of carboxylic acid groups (broad SMARTS) is 1. The number of furan rings is 1. The van der Waals surface area contributed by atoms with E-state index in [0.717, 1.165) is 48.0 Å². The molecule has 0 saturated carbocycles. The van der Waals surface area contributed by atoms with Gasteiger partial charge in [-0.25, -0.2) is 4.79 Å². The van der Waals surface area contributed by atoms with Gasteiger partial charge in [0.2, 0.25) is 5.91 Å². The summed E-state index contributed by atoms with van der Waals surface area (Å²) >= 11 is 0. The molecule has 1 aliphatic rings. The van der Waals surface area contributed by atoms with Crippen LogP contribution in [0.5, 0.6) is 0 Å². The fourth-order valence-electron chi connectivity index (χ4n) is 3.95. The van der Waals surface area contributed by atoms with E-state index in [2.05, 4.69) is 10.6 Å². The molecule has 2 aromatic carbocycles. The SMILES string of the molecule is O=C(O)N[C@@H](Cc1ccccc1)C(=O)Nc1ccc2oc3c(c2c1)CCCCC3. The number of amides is 2. The molecular formula is C23H24N2O4. The Morgan fingerprint density at radius 2 is 1.83 bits per heavy atom. The van der Waals surface area contributed by atoms with Gasteiger partial charge in [0, 0.05) is 29.5 Å². The van der Waals surface area contributed by atoms with E-state index in [-0.39, 0.29) is 12.3 Å². The number of carbonyl (C=O) groups is 2. The molecule has 0 aliphatic heterocycles. The zero-order valence-corrected chi connectivity index (χ0v) is 16.1. The van der Waals surface area contributed by atoms with Gasteiger partial charge in [0.25, 0.3) is 0 Å². The van der Waals surface area contributed by atoms with Crippen molar-refractivity contribution < 1.29 is 19.1 Å². The molecule has 1 aliphatic carbocycles. The maximum Gasteiger partial charge on any atom is 0.405 e. The molecule has 0 radical (unpaired) electrons. The van der Waals surface area contributed by atoms with E-state index in [9.17, 15) is 9.59 Å². The summed E-state index contributed by atoms with van der Waals surface area (Å²) in [7, 11) is 0. The standard InChI is InChI=1S/C23H24N2O4/c26-22(19(25-23(27)28)13-15-7-3-1-4-8-15)24-16-11-12-21-18(14-16)17-9-5-2-6-10-20(17)29-21/h1,3-4,7-8,11-12,14,19,25H,2,5-6,9-10,13H2,(H,24,26)(H,27,28)/t19-/m0/s1. The second-order valence-electron chi connectivity index (χ2n) is 7.46. The molecule has 1 aromatic heterocycles. The number of benzene rings is 2. The first-order valence-electron chi connectivity index (χ1n) is 9.99. The predicted octanol–water partition coefficient (Wildman–Crippen LogP) is 4.52. The molecule has 6 heteroatoms. The molecule has 0 fully saturated rings. The summed E-state index contributed by atoms with van der Waals surface area (Å²) in [5, 5.41) is 15.4. The first-order valence-corrected chi connectivity index (χ1v) is 9.99. The van der Waals surface area contributed by atoms with E-state index in [1.165, 1.54) is 12.0 Å². The van der Waals surface area contributed by atoms with Crippen LogP contribution < -0.4 is 10.6 Å². The molecule has 4 rings (SSSR count). The Kier molecular flexibility index (Phi) is 5.51. The summed E-state index contributed by atoms with van der Waals surface area (Å²) in [5.41, 5.74) is 3.59. The lowest BCUT2D eigenvalue weighted by Gasteiger charge is -2.17. The molecule has 0 bridgehead atoms. The largest absolute Gasteiger partial charge is 0.465 e. The molecule has 6 nitrogen and oxygen atoms in total. The summed E-state index contributed by atoms with van der Waals surface area (Å²) in [5.74, 6) is 0.667. The highest BCUT2D eigenvalue weighted by atomic mass is 16.4. The second-order valence-corrected chi connectivity index (χ2v) is 7.46. The first kappa shape index (κ1) is 19.1. The summed E-state index contributed by atoms with van der Waals surface area (Å²) in [6.45, 7) is 0. The van der Waals surface area contributed by atoms with E-state index in [0.29, 0.717) is 5.69 Å². The van der Waals surface area contributed by atoms with E-state index in [4.69, 9.17) is 9.52 Å². The van der Waals surface area contributed by atoms with E-state index < -0.39 is 12.1 Å². The Morgan fingerprint density at radius 1 is 1.03 bits per heavy atom. The average molecular weight is 392 g/mol. The van der Waals surface area contributed by atoms with Crippen LogP contribution in [0.2, 0.25) is 0 Å². The van der Waals surface area contributed by atoms with Gasteiger partial charge in [0.05, 0.1) is 0 Å². The summed E-state index contributed by atoms with van der Waals surface area (Å²) < 4.78 is 6.01. The molecule has 29 heavy (non-hydrogen) atoms. The Morgan fingerprint density at radius 3 is 2.62 bits per heavy atom. The van der Waals surface area contributed by atoms with Crippen LogP contribution in [0.25, 0.3) is 11.0 Å². The summed E-state index contributed by atoms with van der Waals surface area (Å²) in [6, 6.07) is 14.1. The summed E-state index contributed by atoms with van der Waals surface area (Å²) in [4.78, 5) is 24.0. The zero-order chi connectivity index (χ0) is 20.2. The van der Waals surface area contributed by atoms with Crippen molar-refractivity contribution in [2.75, 3.05) is 5.32 Å². The Labute approximate surface area is 168 Å². The minimum absolute atomic E-state index is 0.280. The van der Waals surface area contributed by atoms with Crippen LogP contribution in [-0.2, 0) is 24.1 Å². The molecule has 1 heterocycles. The molecule has 3 aromatic rings. The minimum atomic E-state index is -1.23. The Hall–Kier alpha value is -3.28. The van der Waals surface area contributed by atoms with Crippen LogP contribution in [0.3, 0.4) is 0 Å². The fraction of sp³-hybridized carbons (Fsp3) is 0.304. The van der Waals surface area contributed by atoms with Gasteiger partial charge in [-0.1, -0.05) is 36.8 Å². The lowest BCUT2D eigenvalue weighted by molar-refractivity contribution is -0.118. The smallest absolute Gasteiger partial charge is 0.405 e. The molecule has 2 amide bonds. The molecule has 0 unspecified atom stereocenters. The van der Waals surface area contributed by atoms with Gasteiger partial charge in [-0.15, -0.1) is 0 Å². The van der Waals surface area contributed by atoms with Crippen molar-refractivity contribution in [2.45, 2.75) is 44.6 Å². The third kappa shape index (κ3) is 4.42. The van der Waals surface area contributed by atoms with Gasteiger partial charge in [0.15, 0.2) is 0 Å². The van der Waals surface area contributed by atoms with Crippen LogP contribution >= 0.6 is 0 Å². The van der Waals surface area contributed by atoms with E-state index in [1.807, 2.05) is 42.5 Å². The van der Waals surface area contributed by atoms with Crippen LogP contribution in [0, 0.1) is 0 Å². The fourth-order valence-corrected chi connectivity index (χ4v) is 3.95. The molecule has 0 saturated heterocycles. The minimum Gasteiger partial charge on any atom is -0.465 e. The van der Waals surface area contributed by atoms with Crippen molar-refractivity contribution in [3.63, 3.8) is 0 Å². The molecule has 150 valence electrons. The third-order valence-corrected chi connectivity index (χ3v) is 5.37. The Bertz CT molecular complexity index is 1030. The van der Waals surface area contributed by atoms with Crippen LogP contribution in [0.4, 0.5) is 10.5 Å². The van der Waals surface area contributed by atoms with Crippen LogP contribution in [-0.4, -0.2) is 23.1 Å². The van der Waals surface area contributed by atoms with E-state index >= 15 is 0 Å². The lowest BCUT2D eigenvalue weighted by atomic mass is 10.0. The number of anilines is 1. The maximum atomic E-state index is 12.8. The highest BCUT2D eigenvalue weighted by Crippen LogP contribution is 2.32. The second kappa shape index (κ2) is 8.39. The monoisotopic (exact) mass is 392 g/mol. The van der Waals surface area contributed by atoms with Crippen LogP contribution in [0.1, 0.15) is 36.1 Å². The highest BCUT2D eigenvalue weighted by molar-refractivity contribution is 5.98. The normalized spacial score (nSPS) is 14.6. The van der Waals surface area contributed by atoms with Crippen molar-refractivity contribution in [1.82, 2.24) is 5.32 Å². The zero-order valence-electron chi connectivity index (χ0n) is 16.1. The van der Waals surface area contributed by atoms with Gasteiger partial charge in [-0.05, 0) is 43.0 Å². The number of carbonyl (C=O) groups excluding carboxylic acids is 1. The highest BCUT2D eigenvalue weighted by Gasteiger charge is 2.22. The van der Waals surface area contributed by atoms with Gasteiger partial charge in [-0.2, -0.15) is 0 Å². The van der Waals surface area contributed by atoms with Gasteiger partial charge >= 0.3 is 6.09 Å². The van der Waals surface area contributed by atoms with E-state index in [1.54, 1.807) is 6.07 Å².